The van der Waals surface area contributed by atoms with E-state index in [1.807, 2.05) is 75.4 Å². The van der Waals surface area contributed by atoms with Crippen LogP contribution in [0.4, 0.5) is 5.69 Å². The van der Waals surface area contributed by atoms with Crippen LogP contribution in [0, 0.1) is 10.5 Å². The molecule has 230 valence electrons. The Morgan fingerprint density at radius 2 is 1.43 bits per heavy atom. The van der Waals surface area contributed by atoms with E-state index in [4.69, 9.17) is 0 Å². The summed E-state index contributed by atoms with van der Waals surface area (Å²) in [5.74, 6) is -0.761. The second-order valence-corrected chi connectivity index (χ2v) is 13.9. The number of nitrogens with zero attached hydrogens (tertiary/aromatic N) is 2. The van der Waals surface area contributed by atoms with Crippen molar-refractivity contribution in [2.24, 2.45) is 0 Å². The highest BCUT2D eigenvalue weighted by Crippen LogP contribution is 2.26. The lowest BCUT2D eigenvalue weighted by atomic mass is 10.0. The minimum absolute atomic E-state index is 0.0761. The molecule has 44 heavy (non-hydrogen) atoms. The topological polar surface area (TPSA) is 86.8 Å². The van der Waals surface area contributed by atoms with Crippen LogP contribution in [-0.4, -0.2) is 43.8 Å². The van der Waals surface area contributed by atoms with E-state index in [2.05, 4.69) is 27.9 Å². The van der Waals surface area contributed by atoms with Gasteiger partial charge in [0.2, 0.25) is 11.8 Å². The monoisotopic (exact) mass is 723 g/mol. The fourth-order valence-corrected chi connectivity index (χ4v) is 6.62. The predicted octanol–water partition coefficient (Wildman–Crippen LogP) is 6.35. The third-order valence-corrected chi connectivity index (χ3v) is 10.1. The summed E-state index contributed by atoms with van der Waals surface area (Å²) in [5, 5.41) is 3.07. The molecule has 4 rings (SSSR count). The number of amides is 2. The SMILES string of the molecule is CC[C@H](C)NC(=O)[C@H](Cc1ccccc1)N(Cc1ccccc1C)C(=O)CN(c1ccc(I)cc1)S(=O)(=O)c1ccccc1. The molecule has 0 aromatic heterocycles. The van der Waals surface area contributed by atoms with Gasteiger partial charge < -0.3 is 10.2 Å². The van der Waals surface area contributed by atoms with Gasteiger partial charge in [-0.2, -0.15) is 0 Å². The van der Waals surface area contributed by atoms with Crippen LogP contribution in [0.2, 0.25) is 0 Å². The second kappa shape index (κ2) is 15.3. The molecule has 7 nitrogen and oxygen atoms in total. The summed E-state index contributed by atoms with van der Waals surface area (Å²) < 4.78 is 30.2. The smallest absolute Gasteiger partial charge is 0.264 e. The number of halogens is 1. The molecule has 0 radical (unpaired) electrons. The molecule has 9 heteroatoms. The first-order valence-corrected chi connectivity index (χ1v) is 17.1. The van der Waals surface area contributed by atoms with E-state index in [-0.39, 0.29) is 29.8 Å². The number of anilines is 1. The number of hydrogen-bond donors (Lipinski definition) is 1. The first kappa shape index (κ1) is 33.2. The van der Waals surface area contributed by atoms with E-state index in [0.29, 0.717) is 5.69 Å². The van der Waals surface area contributed by atoms with Gasteiger partial charge in [0.25, 0.3) is 10.0 Å². The lowest BCUT2D eigenvalue weighted by Gasteiger charge is -2.34. The molecule has 0 bridgehead atoms. The number of nitrogens with one attached hydrogen (secondary N) is 1. The quantitative estimate of drug-likeness (QED) is 0.163. The zero-order valence-corrected chi connectivity index (χ0v) is 28.2. The second-order valence-electron chi connectivity index (χ2n) is 10.8. The average molecular weight is 724 g/mol. The van der Waals surface area contributed by atoms with Crippen molar-refractivity contribution < 1.29 is 18.0 Å². The normalized spacial score (nSPS) is 12.6. The lowest BCUT2D eigenvalue weighted by molar-refractivity contribution is -0.140. The highest BCUT2D eigenvalue weighted by atomic mass is 127. The van der Waals surface area contributed by atoms with Gasteiger partial charge in [0.05, 0.1) is 10.6 Å². The van der Waals surface area contributed by atoms with Crippen molar-refractivity contribution in [2.45, 2.75) is 57.1 Å². The van der Waals surface area contributed by atoms with Crippen molar-refractivity contribution >= 4 is 50.1 Å². The maximum atomic E-state index is 14.5. The van der Waals surface area contributed by atoms with Crippen LogP contribution < -0.4 is 9.62 Å². The van der Waals surface area contributed by atoms with Crippen molar-refractivity contribution in [3.05, 3.63) is 129 Å². The Morgan fingerprint density at radius 1 is 0.841 bits per heavy atom. The summed E-state index contributed by atoms with van der Waals surface area (Å²) in [7, 11) is -4.12. The molecular weight excluding hydrogens is 685 g/mol. The van der Waals surface area contributed by atoms with Gasteiger partial charge >= 0.3 is 0 Å². The molecule has 0 saturated heterocycles. The zero-order valence-electron chi connectivity index (χ0n) is 25.2. The molecule has 0 fully saturated rings. The molecule has 0 heterocycles. The van der Waals surface area contributed by atoms with E-state index in [1.54, 1.807) is 42.5 Å². The van der Waals surface area contributed by atoms with Gasteiger partial charge in [-0.25, -0.2) is 8.42 Å². The third-order valence-electron chi connectivity index (χ3n) is 7.60. The molecule has 2 amide bonds. The largest absolute Gasteiger partial charge is 0.352 e. The van der Waals surface area contributed by atoms with Crippen LogP contribution in [0.15, 0.2) is 114 Å². The van der Waals surface area contributed by atoms with Gasteiger partial charge in [0.1, 0.15) is 12.6 Å². The Balaban J connectivity index is 1.80. The molecule has 0 saturated carbocycles. The summed E-state index contributed by atoms with van der Waals surface area (Å²) in [6.45, 7) is 5.53. The molecule has 0 spiro atoms. The van der Waals surface area contributed by atoms with Crippen LogP contribution in [0.5, 0.6) is 0 Å². The van der Waals surface area contributed by atoms with E-state index in [0.717, 1.165) is 31.0 Å². The van der Waals surface area contributed by atoms with Gasteiger partial charge in [-0.05, 0) is 95.9 Å². The van der Waals surface area contributed by atoms with Crippen LogP contribution >= 0.6 is 22.6 Å². The number of rotatable bonds is 13. The van der Waals surface area contributed by atoms with Gasteiger partial charge in [0, 0.05) is 22.6 Å². The summed E-state index contributed by atoms with van der Waals surface area (Å²) >= 11 is 2.16. The van der Waals surface area contributed by atoms with Gasteiger partial charge in [-0.3, -0.25) is 13.9 Å². The van der Waals surface area contributed by atoms with Gasteiger partial charge in [0.15, 0.2) is 0 Å². The van der Waals surface area contributed by atoms with Crippen LogP contribution in [0.3, 0.4) is 0 Å². The van der Waals surface area contributed by atoms with Crippen LogP contribution in [0.25, 0.3) is 0 Å². The fourth-order valence-electron chi connectivity index (χ4n) is 4.82. The van der Waals surface area contributed by atoms with Crippen molar-refractivity contribution in [1.82, 2.24) is 10.2 Å². The van der Waals surface area contributed by atoms with Gasteiger partial charge in [-0.15, -0.1) is 0 Å². The maximum absolute atomic E-state index is 14.5. The summed E-state index contributed by atoms with van der Waals surface area (Å²) in [4.78, 5) is 30.0. The number of carbonyl (C=O) groups is 2. The molecule has 2 atom stereocenters. The number of aryl methyl sites for hydroxylation is 1. The summed E-state index contributed by atoms with van der Waals surface area (Å²) in [6.07, 6.45) is 1.00. The molecule has 4 aromatic rings. The third kappa shape index (κ3) is 8.47. The zero-order chi connectivity index (χ0) is 31.7. The molecule has 0 aliphatic carbocycles. The van der Waals surface area contributed by atoms with Crippen molar-refractivity contribution in [3.63, 3.8) is 0 Å². The number of hydrogen-bond acceptors (Lipinski definition) is 4. The Morgan fingerprint density at radius 3 is 2.05 bits per heavy atom. The highest BCUT2D eigenvalue weighted by molar-refractivity contribution is 14.1. The minimum Gasteiger partial charge on any atom is -0.352 e. The maximum Gasteiger partial charge on any atom is 0.264 e. The Hall–Kier alpha value is -3.70. The molecule has 0 aliphatic heterocycles. The number of carbonyl (C=O) groups excluding carboxylic acids is 2. The van der Waals surface area contributed by atoms with Crippen LogP contribution in [-0.2, 0) is 32.6 Å². The lowest BCUT2D eigenvalue weighted by Crippen LogP contribution is -2.54. The Labute approximate surface area is 274 Å². The first-order chi connectivity index (χ1) is 21.1. The summed E-state index contributed by atoms with van der Waals surface area (Å²) in [6, 6.07) is 31.4. The Kier molecular flexibility index (Phi) is 11.6. The Bertz CT molecular complexity index is 1650. The molecule has 4 aromatic carbocycles. The van der Waals surface area contributed by atoms with Crippen molar-refractivity contribution in [3.8, 4) is 0 Å². The van der Waals surface area contributed by atoms with E-state index in [1.165, 1.54) is 17.0 Å². The van der Waals surface area contributed by atoms with Crippen molar-refractivity contribution in [2.75, 3.05) is 10.8 Å². The average Bonchev–Trinajstić information content (AvgIpc) is 3.03. The van der Waals surface area contributed by atoms with E-state index < -0.39 is 28.5 Å². The number of benzene rings is 4. The standard InChI is InChI=1S/C35H38IN3O4S/c1-4-27(3)37-35(41)33(23-28-14-7-5-8-15-28)38(24-29-16-12-11-13-26(29)2)34(40)25-39(31-21-19-30(36)20-22-31)44(42,43)32-17-9-6-10-18-32/h5-22,27,33H,4,23-25H2,1-3H3,(H,37,41)/t27-,33-/m0/s1. The van der Waals surface area contributed by atoms with Gasteiger partial charge in [-0.1, -0.05) is 79.7 Å². The fraction of sp³-hybridized carbons (Fsp3) is 0.257. The van der Waals surface area contributed by atoms with E-state index in [9.17, 15) is 18.0 Å². The van der Waals surface area contributed by atoms with Crippen molar-refractivity contribution in [1.29, 1.82) is 0 Å². The molecule has 0 unspecified atom stereocenters. The first-order valence-electron chi connectivity index (χ1n) is 14.6. The number of sulfonamides is 1. The highest BCUT2D eigenvalue weighted by Gasteiger charge is 2.35. The predicted molar refractivity (Wildman–Crippen MR) is 184 cm³/mol. The summed E-state index contributed by atoms with van der Waals surface area (Å²) in [5.41, 5.74) is 3.10. The molecule has 1 N–H and O–H groups in total. The van der Waals surface area contributed by atoms with E-state index >= 15 is 0 Å². The molecule has 0 aliphatic rings. The van der Waals surface area contributed by atoms with Crippen LogP contribution in [0.1, 0.15) is 37.0 Å². The molecular formula is C35H38IN3O4S. The minimum atomic E-state index is -4.12.